The number of thiophene rings is 1. The summed E-state index contributed by atoms with van der Waals surface area (Å²) in [6.45, 7) is 1.84. The summed E-state index contributed by atoms with van der Waals surface area (Å²) in [6.07, 6.45) is 5.24. The number of benzene rings is 2. The van der Waals surface area contributed by atoms with E-state index in [0.717, 1.165) is 42.3 Å². The van der Waals surface area contributed by atoms with Crippen molar-refractivity contribution in [3.8, 4) is 0 Å². The summed E-state index contributed by atoms with van der Waals surface area (Å²) in [5, 5.41) is 13.6. The molecule has 1 saturated carbocycles. The summed E-state index contributed by atoms with van der Waals surface area (Å²) in [6, 6.07) is 20.5. The van der Waals surface area contributed by atoms with E-state index in [9.17, 15) is 14.4 Å². The van der Waals surface area contributed by atoms with Gasteiger partial charge in [-0.05, 0) is 61.2 Å². The molecule has 2 atom stereocenters. The zero-order chi connectivity index (χ0) is 26.4. The molecule has 200 valence electrons. The second kappa shape index (κ2) is 12.1. The van der Waals surface area contributed by atoms with Crippen molar-refractivity contribution >= 4 is 39.1 Å². The lowest BCUT2D eigenvalue weighted by atomic mass is 9.88. The molecule has 3 aromatic rings. The van der Waals surface area contributed by atoms with Crippen molar-refractivity contribution in [1.82, 2.24) is 21.3 Å². The fraction of sp³-hybridized carbons (Fsp3) is 0.433. The van der Waals surface area contributed by atoms with Crippen LogP contribution in [-0.4, -0.2) is 42.9 Å². The molecular weight excluding hydrogens is 496 g/mol. The van der Waals surface area contributed by atoms with E-state index in [1.54, 1.807) is 0 Å². The topological polar surface area (TPSA) is 99.3 Å². The van der Waals surface area contributed by atoms with Crippen molar-refractivity contribution in [2.75, 3.05) is 19.6 Å². The molecule has 0 spiro atoms. The van der Waals surface area contributed by atoms with Gasteiger partial charge in [0.05, 0.1) is 4.88 Å². The molecule has 2 aliphatic rings. The lowest BCUT2D eigenvalue weighted by Gasteiger charge is -2.31. The number of hydrogen-bond donors (Lipinski definition) is 4. The predicted octanol–water partition coefficient (Wildman–Crippen LogP) is 4.31. The van der Waals surface area contributed by atoms with Gasteiger partial charge in [-0.3, -0.25) is 14.4 Å². The van der Waals surface area contributed by atoms with Crippen LogP contribution in [0.5, 0.6) is 0 Å². The Hall–Kier alpha value is -3.23. The van der Waals surface area contributed by atoms with E-state index in [1.165, 1.54) is 16.9 Å². The first-order valence-corrected chi connectivity index (χ1v) is 14.5. The van der Waals surface area contributed by atoms with Gasteiger partial charge in [0.15, 0.2) is 0 Å². The number of hydrogen-bond acceptors (Lipinski definition) is 5. The molecule has 0 bridgehead atoms. The molecule has 8 heteroatoms. The Balaban J connectivity index is 1.08. The first-order valence-electron chi connectivity index (χ1n) is 13.7. The summed E-state index contributed by atoms with van der Waals surface area (Å²) in [5.41, 5.74) is 0.372. The summed E-state index contributed by atoms with van der Waals surface area (Å²) in [4.78, 5) is 39.4. The molecule has 7 nitrogen and oxygen atoms in total. The summed E-state index contributed by atoms with van der Waals surface area (Å²) < 4.78 is 1.05. The van der Waals surface area contributed by atoms with Crippen LogP contribution in [0.3, 0.4) is 0 Å². The Labute approximate surface area is 227 Å². The van der Waals surface area contributed by atoms with Crippen LogP contribution in [-0.2, 0) is 9.59 Å². The molecular formula is C30H36N4O3S. The molecule has 2 fully saturated rings. The molecule has 38 heavy (non-hydrogen) atoms. The van der Waals surface area contributed by atoms with Crippen LogP contribution >= 0.6 is 11.3 Å². The number of amides is 3. The van der Waals surface area contributed by atoms with Crippen LogP contribution in [0.25, 0.3) is 10.1 Å². The van der Waals surface area contributed by atoms with E-state index in [1.807, 2.05) is 36.4 Å². The fourth-order valence-corrected chi connectivity index (χ4v) is 6.64. The van der Waals surface area contributed by atoms with Crippen molar-refractivity contribution in [2.24, 2.45) is 5.92 Å². The normalized spacial score (nSPS) is 20.6. The van der Waals surface area contributed by atoms with E-state index in [0.29, 0.717) is 36.2 Å². The van der Waals surface area contributed by atoms with Crippen LogP contribution in [0.4, 0.5) is 0 Å². The molecule has 1 aliphatic heterocycles. The van der Waals surface area contributed by atoms with Gasteiger partial charge >= 0.3 is 0 Å². The summed E-state index contributed by atoms with van der Waals surface area (Å²) in [7, 11) is 0. The van der Waals surface area contributed by atoms with Crippen LogP contribution in [0, 0.1) is 5.92 Å². The van der Waals surface area contributed by atoms with Gasteiger partial charge in [-0.1, -0.05) is 61.4 Å². The average Bonchev–Trinajstić information content (AvgIpc) is 3.61. The van der Waals surface area contributed by atoms with Crippen molar-refractivity contribution in [3.05, 3.63) is 71.1 Å². The third kappa shape index (κ3) is 6.25. The van der Waals surface area contributed by atoms with Crippen molar-refractivity contribution in [3.63, 3.8) is 0 Å². The number of carbonyl (C=O) groups excluding carboxylic acids is 3. The van der Waals surface area contributed by atoms with Gasteiger partial charge in [-0.25, -0.2) is 0 Å². The van der Waals surface area contributed by atoms with E-state index in [2.05, 4.69) is 45.5 Å². The van der Waals surface area contributed by atoms with E-state index >= 15 is 0 Å². The molecule has 3 amide bonds. The Bertz CT molecular complexity index is 1240. The summed E-state index contributed by atoms with van der Waals surface area (Å²) >= 11 is 1.44. The SMILES string of the molecule is O=C(CCNC(=O)C1(NC(=O)c2cc3ccccc3s2)CCCC1)NCC1CCNC(c2ccccc2)C1. The highest BCUT2D eigenvalue weighted by atomic mass is 32.1. The van der Waals surface area contributed by atoms with Gasteiger partial charge in [-0.2, -0.15) is 0 Å². The highest BCUT2D eigenvalue weighted by Gasteiger charge is 2.42. The average molecular weight is 533 g/mol. The van der Waals surface area contributed by atoms with E-state index < -0.39 is 5.54 Å². The van der Waals surface area contributed by atoms with Crippen molar-refractivity contribution < 1.29 is 14.4 Å². The lowest BCUT2D eigenvalue weighted by Crippen LogP contribution is -2.57. The van der Waals surface area contributed by atoms with Crippen LogP contribution in [0.2, 0.25) is 0 Å². The van der Waals surface area contributed by atoms with Crippen LogP contribution < -0.4 is 21.3 Å². The monoisotopic (exact) mass is 532 g/mol. The largest absolute Gasteiger partial charge is 0.356 e. The second-order valence-corrected chi connectivity index (χ2v) is 11.6. The van der Waals surface area contributed by atoms with Gasteiger partial charge < -0.3 is 21.3 Å². The maximum atomic E-state index is 13.2. The Morgan fingerprint density at radius 1 is 0.974 bits per heavy atom. The Morgan fingerprint density at radius 3 is 2.53 bits per heavy atom. The third-order valence-electron chi connectivity index (χ3n) is 7.83. The van der Waals surface area contributed by atoms with Crippen LogP contribution in [0.1, 0.15) is 66.2 Å². The smallest absolute Gasteiger partial charge is 0.262 e. The standard InChI is InChI=1S/C30H36N4O3S/c35-27(33-20-21-12-16-31-24(18-21)22-8-2-1-3-9-22)13-17-32-29(37)30(14-6-7-15-30)34-28(36)26-19-23-10-4-5-11-25(23)38-26/h1-5,8-11,19,21,24,31H,6-7,12-18,20H2,(H,32,37)(H,33,35)(H,34,36). The Kier molecular flexibility index (Phi) is 8.39. The van der Waals surface area contributed by atoms with E-state index in [-0.39, 0.29) is 30.7 Å². The molecule has 1 saturated heterocycles. The molecule has 2 unspecified atom stereocenters. The van der Waals surface area contributed by atoms with Gasteiger partial charge in [0.2, 0.25) is 11.8 Å². The number of carbonyl (C=O) groups is 3. The highest BCUT2D eigenvalue weighted by Crippen LogP contribution is 2.32. The van der Waals surface area contributed by atoms with Gasteiger partial charge in [0.1, 0.15) is 5.54 Å². The zero-order valence-electron chi connectivity index (χ0n) is 21.6. The minimum absolute atomic E-state index is 0.0603. The third-order valence-corrected chi connectivity index (χ3v) is 8.95. The van der Waals surface area contributed by atoms with Crippen LogP contribution in [0.15, 0.2) is 60.7 Å². The predicted molar refractivity (Wildman–Crippen MR) is 151 cm³/mol. The van der Waals surface area contributed by atoms with E-state index in [4.69, 9.17) is 0 Å². The van der Waals surface area contributed by atoms with Gasteiger partial charge in [0.25, 0.3) is 5.91 Å². The number of rotatable bonds is 9. The molecule has 5 rings (SSSR count). The maximum absolute atomic E-state index is 13.2. The minimum atomic E-state index is -0.911. The molecule has 2 heterocycles. The van der Waals surface area contributed by atoms with Crippen molar-refractivity contribution in [2.45, 2.75) is 56.5 Å². The first kappa shape index (κ1) is 26.4. The van der Waals surface area contributed by atoms with Crippen molar-refractivity contribution in [1.29, 1.82) is 0 Å². The van der Waals surface area contributed by atoms with Gasteiger partial charge in [0, 0.05) is 30.3 Å². The number of nitrogens with one attached hydrogen (secondary N) is 4. The fourth-order valence-electron chi connectivity index (χ4n) is 5.69. The molecule has 1 aliphatic carbocycles. The quantitative estimate of drug-likeness (QED) is 0.330. The maximum Gasteiger partial charge on any atom is 0.262 e. The number of fused-ring (bicyclic) bond motifs is 1. The highest BCUT2D eigenvalue weighted by molar-refractivity contribution is 7.20. The molecule has 4 N–H and O–H groups in total. The molecule has 2 aromatic carbocycles. The van der Waals surface area contributed by atoms with Gasteiger partial charge in [-0.15, -0.1) is 11.3 Å². The minimum Gasteiger partial charge on any atom is -0.356 e. The molecule has 1 aromatic heterocycles. The first-order chi connectivity index (χ1) is 18.5. The lowest BCUT2D eigenvalue weighted by molar-refractivity contribution is -0.127. The summed E-state index contributed by atoms with van der Waals surface area (Å²) in [5.74, 6) is -0.0427. The second-order valence-electron chi connectivity index (χ2n) is 10.5. The molecule has 0 radical (unpaired) electrons. The number of piperidine rings is 1. The zero-order valence-corrected chi connectivity index (χ0v) is 22.4. The Morgan fingerprint density at radius 2 is 1.74 bits per heavy atom.